The van der Waals surface area contributed by atoms with E-state index < -0.39 is 0 Å². The molecule has 4 nitrogen and oxygen atoms in total. The van der Waals surface area contributed by atoms with Crippen LogP contribution >= 0.6 is 0 Å². The molecule has 1 atom stereocenters. The summed E-state index contributed by atoms with van der Waals surface area (Å²) in [7, 11) is 1.63. The van der Waals surface area contributed by atoms with Gasteiger partial charge in [-0.05, 0) is 12.5 Å². The van der Waals surface area contributed by atoms with Gasteiger partial charge >= 0.3 is 0 Å². The van der Waals surface area contributed by atoms with E-state index >= 15 is 0 Å². The van der Waals surface area contributed by atoms with Crippen molar-refractivity contribution in [2.24, 2.45) is 5.73 Å². The molecule has 0 amide bonds. The predicted octanol–water partition coefficient (Wildman–Crippen LogP) is 0.628. The van der Waals surface area contributed by atoms with Gasteiger partial charge in [-0.25, -0.2) is 4.98 Å². The van der Waals surface area contributed by atoms with Gasteiger partial charge in [0.25, 0.3) is 0 Å². The van der Waals surface area contributed by atoms with Gasteiger partial charge in [0.05, 0.1) is 7.11 Å². The molecule has 1 fully saturated rings. The first-order chi connectivity index (χ1) is 6.85. The van der Waals surface area contributed by atoms with Crippen molar-refractivity contribution >= 4 is 5.69 Å². The van der Waals surface area contributed by atoms with Crippen molar-refractivity contribution in [3.8, 4) is 5.88 Å². The predicted molar refractivity (Wildman–Crippen MR) is 55.6 cm³/mol. The summed E-state index contributed by atoms with van der Waals surface area (Å²) in [5.41, 5.74) is 6.79. The molecule has 2 rings (SSSR count). The summed E-state index contributed by atoms with van der Waals surface area (Å²) in [6, 6.07) is 4.42. The minimum absolute atomic E-state index is 0.488. The van der Waals surface area contributed by atoms with Crippen LogP contribution in [0.1, 0.15) is 6.42 Å². The molecule has 0 spiro atoms. The Hall–Kier alpha value is -1.29. The quantitative estimate of drug-likeness (QED) is 0.765. The summed E-state index contributed by atoms with van der Waals surface area (Å²) in [4.78, 5) is 6.35. The number of hydrogen-bond donors (Lipinski definition) is 1. The van der Waals surface area contributed by atoms with Gasteiger partial charge in [0.2, 0.25) is 5.88 Å². The molecular formula is C10H15N3O. The number of ether oxygens (including phenoxy) is 1. The second-order valence-corrected chi connectivity index (χ2v) is 3.43. The van der Waals surface area contributed by atoms with Crippen LogP contribution in [0.2, 0.25) is 0 Å². The minimum atomic E-state index is 0.488. The largest absolute Gasteiger partial charge is 0.481 e. The Kier molecular flexibility index (Phi) is 2.54. The van der Waals surface area contributed by atoms with Crippen LogP contribution < -0.4 is 15.4 Å². The lowest BCUT2D eigenvalue weighted by Crippen LogP contribution is -2.51. The van der Waals surface area contributed by atoms with Crippen LogP contribution in [-0.4, -0.2) is 31.2 Å². The van der Waals surface area contributed by atoms with E-state index in [1.54, 1.807) is 13.3 Å². The Morgan fingerprint density at radius 3 is 3.14 bits per heavy atom. The summed E-state index contributed by atoms with van der Waals surface area (Å²) >= 11 is 0. The maximum atomic E-state index is 5.64. The first-order valence-electron chi connectivity index (χ1n) is 4.82. The Labute approximate surface area is 83.7 Å². The van der Waals surface area contributed by atoms with Crippen LogP contribution in [0.3, 0.4) is 0 Å². The van der Waals surface area contributed by atoms with Gasteiger partial charge in [-0.1, -0.05) is 0 Å². The number of nitrogens with zero attached hydrogens (tertiary/aromatic N) is 2. The third-order valence-electron chi connectivity index (χ3n) is 2.68. The lowest BCUT2D eigenvalue weighted by molar-refractivity contribution is 0.396. The maximum Gasteiger partial charge on any atom is 0.214 e. The second-order valence-electron chi connectivity index (χ2n) is 3.43. The van der Waals surface area contributed by atoms with Crippen molar-refractivity contribution in [3.05, 3.63) is 18.3 Å². The number of pyridine rings is 1. The highest BCUT2D eigenvalue weighted by Crippen LogP contribution is 2.27. The molecule has 0 aromatic carbocycles. The average Bonchev–Trinajstić information content (AvgIpc) is 2.17. The van der Waals surface area contributed by atoms with Crippen molar-refractivity contribution in [1.82, 2.24) is 4.98 Å². The Morgan fingerprint density at radius 2 is 2.57 bits per heavy atom. The minimum Gasteiger partial charge on any atom is -0.481 e. The zero-order valence-electron chi connectivity index (χ0n) is 8.31. The zero-order valence-corrected chi connectivity index (χ0v) is 8.31. The van der Waals surface area contributed by atoms with Gasteiger partial charge < -0.3 is 15.4 Å². The van der Waals surface area contributed by atoms with Crippen molar-refractivity contribution < 1.29 is 4.74 Å². The Balaban J connectivity index is 2.15. The molecule has 0 aliphatic carbocycles. The second kappa shape index (κ2) is 3.84. The van der Waals surface area contributed by atoms with Crippen LogP contribution in [0.5, 0.6) is 5.88 Å². The first kappa shape index (κ1) is 9.27. The van der Waals surface area contributed by atoms with E-state index in [4.69, 9.17) is 10.5 Å². The highest BCUT2D eigenvalue weighted by Gasteiger charge is 2.26. The summed E-state index contributed by atoms with van der Waals surface area (Å²) < 4.78 is 5.07. The highest BCUT2D eigenvalue weighted by atomic mass is 16.5. The van der Waals surface area contributed by atoms with Crippen LogP contribution in [0.4, 0.5) is 5.69 Å². The van der Waals surface area contributed by atoms with Gasteiger partial charge in [0, 0.05) is 37.1 Å². The van der Waals surface area contributed by atoms with Gasteiger partial charge in [0.15, 0.2) is 0 Å². The molecule has 4 heteroatoms. The summed E-state index contributed by atoms with van der Waals surface area (Å²) in [6.45, 7) is 1.79. The van der Waals surface area contributed by atoms with Gasteiger partial charge in [0.1, 0.15) is 0 Å². The lowest BCUT2D eigenvalue weighted by atomic mass is 10.0. The number of hydrogen-bond acceptors (Lipinski definition) is 4. The first-order valence-corrected chi connectivity index (χ1v) is 4.82. The molecule has 1 saturated heterocycles. The molecule has 2 N–H and O–H groups in total. The summed E-state index contributed by atoms with van der Waals surface area (Å²) in [6.07, 6.45) is 2.95. The number of methoxy groups -OCH3 is 1. The SMILES string of the molecule is COc1cc(N2CCC2CN)ccn1. The molecule has 1 aliphatic rings. The third kappa shape index (κ3) is 1.53. The van der Waals surface area contributed by atoms with Crippen molar-refractivity contribution in [2.75, 3.05) is 25.1 Å². The third-order valence-corrected chi connectivity index (χ3v) is 2.68. The van der Waals surface area contributed by atoms with Crippen molar-refractivity contribution in [2.45, 2.75) is 12.5 Å². The van der Waals surface area contributed by atoms with E-state index in [0.717, 1.165) is 12.2 Å². The highest BCUT2D eigenvalue weighted by molar-refractivity contribution is 5.51. The molecule has 1 unspecified atom stereocenters. The van der Waals surface area contributed by atoms with Crippen molar-refractivity contribution in [3.63, 3.8) is 0 Å². The molecule has 2 heterocycles. The van der Waals surface area contributed by atoms with Crippen LogP contribution in [-0.2, 0) is 0 Å². The van der Waals surface area contributed by atoms with Gasteiger partial charge in [-0.2, -0.15) is 0 Å². The van der Waals surface area contributed by atoms with Crippen LogP contribution in [0.15, 0.2) is 18.3 Å². The van der Waals surface area contributed by atoms with E-state index in [2.05, 4.69) is 9.88 Å². The molecular weight excluding hydrogens is 178 g/mol. The number of rotatable bonds is 3. The summed E-state index contributed by atoms with van der Waals surface area (Å²) in [5, 5.41) is 0. The monoisotopic (exact) mass is 193 g/mol. The van der Waals surface area contributed by atoms with Crippen LogP contribution in [0.25, 0.3) is 0 Å². The fourth-order valence-corrected chi connectivity index (χ4v) is 1.72. The Morgan fingerprint density at radius 1 is 1.71 bits per heavy atom. The van der Waals surface area contributed by atoms with E-state index in [-0.39, 0.29) is 0 Å². The molecule has 0 bridgehead atoms. The number of nitrogens with two attached hydrogens (primary N) is 1. The van der Waals surface area contributed by atoms with E-state index in [1.165, 1.54) is 6.42 Å². The molecule has 1 aromatic rings. The normalized spacial score (nSPS) is 20.4. The standard InChI is InChI=1S/C10H15N3O/c1-14-10-6-8(2-4-12-10)13-5-3-9(13)7-11/h2,4,6,9H,3,5,7,11H2,1H3. The topological polar surface area (TPSA) is 51.4 Å². The number of aromatic nitrogens is 1. The average molecular weight is 193 g/mol. The molecule has 0 radical (unpaired) electrons. The molecule has 1 aromatic heterocycles. The fraction of sp³-hybridized carbons (Fsp3) is 0.500. The van der Waals surface area contributed by atoms with Crippen LogP contribution in [0, 0.1) is 0 Å². The molecule has 14 heavy (non-hydrogen) atoms. The van der Waals surface area contributed by atoms with Gasteiger partial charge in [-0.3, -0.25) is 0 Å². The van der Waals surface area contributed by atoms with Gasteiger partial charge in [-0.15, -0.1) is 0 Å². The molecule has 0 saturated carbocycles. The zero-order chi connectivity index (χ0) is 9.97. The van der Waals surface area contributed by atoms with Crippen molar-refractivity contribution in [1.29, 1.82) is 0 Å². The molecule has 1 aliphatic heterocycles. The Bertz CT molecular complexity index is 314. The molecule has 76 valence electrons. The fourth-order valence-electron chi connectivity index (χ4n) is 1.72. The van der Waals surface area contributed by atoms with E-state index in [1.807, 2.05) is 12.1 Å². The summed E-state index contributed by atoms with van der Waals surface area (Å²) in [5.74, 6) is 0.658. The number of anilines is 1. The lowest BCUT2D eigenvalue weighted by Gasteiger charge is -2.42. The maximum absolute atomic E-state index is 5.64. The van der Waals surface area contributed by atoms with E-state index in [9.17, 15) is 0 Å². The van der Waals surface area contributed by atoms with E-state index in [0.29, 0.717) is 18.5 Å². The smallest absolute Gasteiger partial charge is 0.214 e.